The SMILES string of the molecule is CCCCN1C(=O)/C(=C/c2ccc(-c3ccc(OC)c(Cl)c3)o2)SC1=S. The molecule has 0 N–H and O–H groups in total. The van der Waals surface area contributed by atoms with Crippen LogP contribution in [0, 0.1) is 0 Å². The van der Waals surface area contributed by atoms with E-state index in [0.717, 1.165) is 18.4 Å². The largest absolute Gasteiger partial charge is 0.495 e. The van der Waals surface area contributed by atoms with Gasteiger partial charge in [-0.1, -0.05) is 48.9 Å². The second-order valence-corrected chi connectivity index (χ2v) is 7.82. The number of amides is 1. The molecule has 0 bridgehead atoms. The zero-order valence-corrected chi connectivity index (χ0v) is 16.8. The minimum absolute atomic E-state index is 0.0566. The Morgan fingerprint density at radius 2 is 2.15 bits per heavy atom. The molecule has 0 radical (unpaired) electrons. The van der Waals surface area contributed by atoms with Crippen molar-refractivity contribution in [3.63, 3.8) is 0 Å². The van der Waals surface area contributed by atoms with Crippen molar-refractivity contribution in [2.75, 3.05) is 13.7 Å². The number of rotatable bonds is 6. The van der Waals surface area contributed by atoms with Crippen LogP contribution in [0.1, 0.15) is 25.5 Å². The van der Waals surface area contributed by atoms with E-state index in [1.54, 1.807) is 30.2 Å². The third kappa shape index (κ3) is 3.98. The highest BCUT2D eigenvalue weighted by molar-refractivity contribution is 8.26. The van der Waals surface area contributed by atoms with Crippen LogP contribution in [0.2, 0.25) is 5.02 Å². The Hall–Kier alpha value is -1.76. The Bertz CT molecular complexity index is 875. The van der Waals surface area contributed by atoms with Crippen LogP contribution in [-0.4, -0.2) is 28.8 Å². The van der Waals surface area contributed by atoms with E-state index in [-0.39, 0.29) is 5.91 Å². The highest BCUT2D eigenvalue weighted by Gasteiger charge is 2.31. The average Bonchev–Trinajstić information content (AvgIpc) is 3.19. The van der Waals surface area contributed by atoms with Crippen LogP contribution in [0.25, 0.3) is 17.4 Å². The van der Waals surface area contributed by atoms with E-state index in [4.69, 9.17) is 33.0 Å². The number of nitrogens with zero attached hydrogens (tertiary/aromatic N) is 1. The molecule has 4 nitrogen and oxygen atoms in total. The van der Waals surface area contributed by atoms with Crippen molar-refractivity contribution in [3.8, 4) is 17.1 Å². The molecule has 1 aromatic carbocycles. The molecule has 136 valence electrons. The number of thiocarbonyl (C=S) groups is 1. The Morgan fingerprint density at radius 3 is 2.85 bits per heavy atom. The smallest absolute Gasteiger partial charge is 0.266 e. The Balaban J connectivity index is 1.80. The van der Waals surface area contributed by atoms with Crippen LogP contribution in [0.3, 0.4) is 0 Å². The average molecular weight is 408 g/mol. The predicted molar refractivity (Wildman–Crippen MR) is 110 cm³/mol. The molecule has 2 aromatic rings. The minimum atomic E-state index is -0.0566. The van der Waals surface area contributed by atoms with Crippen molar-refractivity contribution in [1.82, 2.24) is 4.90 Å². The van der Waals surface area contributed by atoms with Gasteiger partial charge < -0.3 is 9.15 Å². The standard InChI is InChI=1S/C19H18ClNO3S2/c1-3-4-9-21-18(22)17(26-19(21)25)11-13-6-8-15(24-13)12-5-7-16(23-2)14(20)10-12/h5-8,10-11H,3-4,9H2,1-2H3/b17-11-. The topological polar surface area (TPSA) is 42.7 Å². The molecule has 1 aromatic heterocycles. The highest BCUT2D eigenvalue weighted by Crippen LogP contribution is 2.35. The molecule has 7 heteroatoms. The van der Waals surface area contributed by atoms with E-state index in [1.807, 2.05) is 18.2 Å². The van der Waals surface area contributed by atoms with Gasteiger partial charge in [0.05, 0.1) is 17.0 Å². The summed E-state index contributed by atoms with van der Waals surface area (Å²) >= 11 is 12.8. The van der Waals surface area contributed by atoms with Gasteiger partial charge >= 0.3 is 0 Å². The molecule has 1 aliphatic rings. The summed E-state index contributed by atoms with van der Waals surface area (Å²) in [7, 11) is 1.57. The number of carbonyl (C=O) groups excluding carboxylic acids is 1. The van der Waals surface area contributed by atoms with Gasteiger partial charge in [0.1, 0.15) is 21.6 Å². The van der Waals surface area contributed by atoms with Crippen LogP contribution in [0.15, 0.2) is 39.7 Å². The van der Waals surface area contributed by atoms with Gasteiger partial charge in [-0.2, -0.15) is 0 Å². The number of benzene rings is 1. The summed E-state index contributed by atoms with van der Waals surface area (Å²) in [5.74, 6) is 1.82. The summed E-state index contributed by atoms with van der Waals surface area (Å²) < 4.78 is 11.6. The van der Waals surface area contributed by atoms with Crippen molar-refractivity contribution < 1.29 is 13.9 Å². The Kier molecular flexibility index (Phi) is 6.06. The van der Waals surface area contributed by atoms with Gasteiger partial charge in [0.2, 0.25) is 0 Å². The van der Waals surface area contributed by atoms with Gasteiger partial charge in [-0.15, -0.1) is 0 Å². The van der Waals surface area contributed by atoms with E-state index in [1.165, 1.54) is 11.8 Å². The lowest BCUT2D eigenvalue weighted by molar-refractivity contribution is -0.122. The molecule has 1 aliphatic heterocycles. The summed E-state index contributed by atoms with van der Waals surface area (Å²) in [5, 5.41) is 0.514. The van der Waals surface area contributed by atoms with Gasteiger partial charge in [-0.25, -0.2) is 0 Å². The van der Waals surface area contributed by atoms with E-state index in [2.05, 4.69) is 6.92 Å². The lowest BCUT2D eigenvalue weighted by Gasteiger charge is -2.12. The van der Waals surface area contributed by atoms with Crippen molar-refractivity contribution in [1.29, 1.82) is 0 Å². The maximum Gasteiger partial charge on any atom is 0.266 e. The summed E-state index contributed by atoms with van der Waals surface area (Å²) in [5.41, 5.74) is 0.839. The van der Waals surface area contributed by atoms with Gasteiger partial charge in [-0.05, 0) is 36.8 Å². The molecule has 2 heterocycles. The lowest BCUT2D eigenvalue weighted by atomic mass is 10.2. The fourth-order valence-electron chi connectivity index (χ4n) is 2.54. The zero-order valence-electron chi connectivity index (χ0n) is 14.5. The molecule has 3 rings (SSSR count). The molecule has 1 saturated heterocycles. The molecular formula is C19H18ClNO3S2. The number of furan rings is 1. The predicted octanol–water partition coefficient (Wildman–Crippen LogP) is 5.61. The number of halogens is 1. The lowest BCUT2D eigenvalue weighted by Crippen LogP contribution is -2.28. The van der Waals surface area contributed by atoms with E-state index in [0.29, 0.717) is 38.1 Å². The third-order valence-electron chi connectivity index (χ3n) is 3.95. The van der Waals surface area contributed by atoms with Gasteiger partial charge in [0.25, 0.3) is 5.91 Å². The molecule has 0 atom stereocenters. The van der Waals surface area contributed by atoms with Crippen LogP contribution in [0.5, 0.6) is 5.75 Å². The van der Waals surface area contributed by atoms with Crippen LogP contribution in [-0.2, 0) is 4.79 Å². The molecule has 1 amide bonds. The van der Waals surface area contributed by atoms with Crippen LogP contribution < -0.4 is 4.74 Å². The second kappa shape index (κ2) is 8.29. The highest BCUT2D eigenvalue weighted by atomic mass is 35.5. The fraction of sp³-hybridized carbons (Fsp3) is 0.263. The van der Waals surface area contributed by atoms with Crippen LogP contribution >= 0.6 is 35.6 Å². The second-order valence-electron chi connectivity index (χ2n) is 5.74. The number of carbonyl (C=O) groups is 1. The maximum atomic E-state index is 12.5. The monoisotopic (exact) mass is 407 g/mol. The summed E-state index contributed by atoms with van der Waals surface area (Å²) in [6.07, 6.45) is 3.69. The first-order valence-electron chi connectivity index (χ1n) is 8.22. The fourth-order valence-corrected chi connectivity index (χ4v) is 4.09. The molecule has 0 aliphatic carbocycles. The minimum Gasteiger partial charge on any atom is -0.495 e. The first-order chi connectivity index (χ1) is 12.5. The normalized spacial score (nSPS) is 16.0. The van der Waals surface area contributed by atoms with E-state index < -0.39 is 0 Å². The van der Waals surface area contributed by atoms with Gasteiger partial charge in [0, 0.05) is 18.2 Å². The number of hydrogen-bond acceptors (Lipinski definition) is 5. The molecular weight excluding hydrogens is 390 g/mol. The molecule has 26 heavy (non-hydrogen) atoms. The molecule has 1 fully saturated rings. The summed E-state index contributed by atoms with van der Waals surface area (Å²) in [6, 6.07) is 9.12. The van der Waals surface area contributed by atoms with Crippen molar-refractivity contribution in [3.05, 3.63) is 46.0 Å². The van der Waals surface area contributed by atoms with Gasteiger partial charge in [0.15, 0.2) is 0 Å². The maximum absolute atomic E-state index is 12.5. The summed E-state index contributed by atoms with van der Waals surface area (Å²) in [4.78, 5) is 14.7. The molecule has 0 unspecified atom stereocenters. The zero-order chi connectivity index (χ0) is 18.7. The quantitative estimate of drug-likeness (QED) is 0.460. The number of ether oxygens (including phenoxy) is 1. The Morgan fingerprint density at radius 1 is 1.35 bits per heavy atom. The van der Waals surface area contributed by atoms with Crippen molar-refractivity contribution in [2.45, 2.75) is 19.8 Å². The van der Waals surface area contributed by atoms with Crippen LogP contribution in [0.4, 0.5) is 0 Å². The van der Waals surface area contributed by atoms with Crippen molar-refractivity contribution >= 4 is 51.9 Å². The number of thioether (sulfide) groups is 1. The number of unbranched alkanes of at least 4 members (excludes halogenated alkanes) is 1. The van der Waals surface area contributed by atoms with Crippen molar-refractivity contribution in [2.24, 2.45) is 0 Å². The first-order valence-corrected chi connectivity index (χ1v) is 9.83. The molecule has 0 spiro atoms. The van der Waals surface area contributed by atoms with E-state index in [9.17, 15) is 4.79 Å². The summed E-state index contributed by atoms with van der Waals surface area (Å²) in [6.45, 7) is 2.75. The Labute approximate surface area is 167 Å². The van der Waals surface area contributed by atoms with Gasteiger partial charge in [-0.3, -0.25) is 9.69 Å². The number of methoxy groups -OCH3 is 1. The third-order valence-corrected chi connectivity index (χ3v) is 5.62. The number of hydrogen-bond donors (Lipinski definition) is 0. The first kappa shape index (κ1) is 19.0. The van der Waals surface area contributed by atoms with E-state index >= 15 is 0 Å². The molecule has 0 saturated carbocycles.